The summed E-state index contributed by atoms with van der Waals surface area (Å²) in [6.45, 7) is 2.12. The maximum absolute atomic E-state index is 5.33. The Labute approximate surface area is 122 Å². The van der Waals surface area contributed by atoms with Crippen LogP contribution in [0.25, 0.3) is 11.3 Å². The number of thioether (sulfide) groups is 1. The number of nitrogens with zero attached hydrogens (tertiary/aromatic N) is 1. The van der Waals surface area contributed by atoms with Gasteiger partial charge in [-0.1, -0.05) is 42.0 Å². The molecule has 3 rings (SSSR count). The van der Waals surface area contributed by atoms with Crippen molar-refractivity contribution in [3.05, 3.63) is 72.2 Å². The van der Waals surface area contributed by atoms with Gasteiger partial charge in [0.05, 0.1) is 6.20 Å². The van der Waals surface area contributed by atoms with Gasteiger partial charge in [-0.2, -0.15) is 0 Å². The lowest BCUT2D eigenvalue weighted by Crippen LogP contribution is -1.82. The van der Waals surface area contributed by atoms with Crippen molar-refractivity contribution in [3.63, 3.8) is 0 Å². The van der Waals surface area contributed by atoms with Crippen LogP contribution in [0, 0.1) is 6.92 Å². The molecule has 20 heavy (non-hydrogen) atoms. The maximum atomic E-state index is 5.33. The minimum Gasteiger partial charge on any atom is -0.444 e. The second-order valence-electron chi connectivity index (χ2n) is 4.67. The van der Waals surface area contributed by atoms with Crippen molar-refractivity contribution >= 4 is 11.8 Å². The van der Waals surface area contributed by atoms with E-state index >= 15 is 0 Å². The van der Waals surface area contributed by atoms with Crippen LogP contribution in [0.5, 0.6) is 0 Å². The molecule has 0 aliphatic heterocycles. The third-order valence-corrected chi connectivity index (χ3v) is 4.10. The monoisotopic (exact) mass is 281 g/mol. The highest BCUT2D eigenvalue weighted by Crippen LogP contribution is 2.27. The molecule has 1 heterocycles. The Morgan fingerprint density at radius 3 is 2.80 bits per heavy atom. The van der Waals surface area contributed by atoms with Gasteiger partial charge in [-0.25, -0.2) is 4.98 Å². The molecule has 2 nitrogen and oxygen atoms in total. The number of aryl methyl sites for hydroxylation is 1. The third-order valence-electron chi connectivity index (χ3n) is 3.04. The summed E-state index contributed by atoms with van der Waals surface area (Å²) in [7, 11) is 0. The Morgan fingerprint density at radius 1 is 1.10 bits per heavy atom. The van der Waals surface area contributed by atoms with Gasteiger partial charge in [0, 0.05) is 16.2 Å². The zero-order valence-corrected chi connectivity index (χ0v) is 12.1. The van der Waals surface area contributed by atoms with Crippen LogP contribution in [0.4, 0.5) is 0 Å². The number of oxazole rings is 1. The van der Waals surface area contributed by atoms with E-state index in [1.807, 2.05) is 17.8 Å². The Kier molecular flexibility index (Phi) is 3.88. The molecule has 0 spiro atoms. The summed E-state index contributed by atoms with van der Waals surface area (Å²) in [4.78, 5) is 5.19. The summed E-state index contributed by atoms with van der Waals surface area (Å²) in [6.07, 6.45) is 3.20. The zero-order valence-electron chi connectivity index (χ0n) is 11.2. The van der Waals surface area contributed by atoms with Crippen LogP contribution < -0.4 is 0 Å². The Balaban J connectivity index is 1.73. The standard InChI is InChI=1S/C17H15NOS/c1-13-4-2-5-14(8-13)11-20-16-7-3-6-15(9-16)17-10-18-12-19-17/h2-10,12H,11H2,1H3. The Morgan fingerprint density at radius 2 is 2.00 bits per heavy atom. The topological polar surface area (TPSA) is 26.0 Å². The van der Waals surface area contributed by atoms with E-state index in [4.69, 9.17) is 4.42 Å². The molecule has 0 bridgehead atoms. The van der Waals surface area contributed by atoms with Gasteiger partial charge >= 0.3 is 0 Å². The summed E-state index contributed by atoms with van der Waals surface area (Å²) < 4.78 is 5.33. The lowest BCUT2D eigenvalue weighted by atomic mass is 10.2. The summed E-state index contributed by atoms with van der Waals surface area (Å²) in [5.41, 5.74) is 3.72. The lowest BCUT2D eigenvalue weighted by molar-refractivity contribution is 0.572. The predicted octanol–water partition coefficient (Wildman–Crippen LogP) is 4.94. The van der Waals surface area contributed by atoms with Gasteiger partial charge in [0.15, 0.2) is 12.2 Å². The van der Waals surface area contributed by atoms with Crippen molar-refractivity contribution in [2.75, 3.05) is 0 Å². The highest BCUT2D eigenvalue weighted by Gasteiger charge is 2.03. The summed E-state index contributed by atoms with van der Waals surface area (Å²) in [5.74, 6) is 1.78. The molecule has 1 aromatic heterocycles. The van der Waals surface area contributed by atoms with E-state index < -0.39 is 0 Å². The van der Waals surface area contributed by atoms with Gasteiger partial charge in [-0.3, -0.25) is 0 Å². The first kappa shape index (κ1) is 13.0. The minimum absolute atomic E-state index is 0.808. The molecule has 0 aliphatic carbocycles. The fraction of sp³-hybridized carbons (Fsp3) is 0.118. The minimum atomic E-state index is 0.808. The van der Waals surface area contributed by atoms with E-state index in [2.05, 4.69) is 54.4 Å². The first-order chi connectivity index (χ1) is 9.81. The quantitative estimate of drug-likeness (QED) is 0.633. The van der Waals surface area contributed by atoms with Crippen molar-refractivity contribution in [3.8, 4) is 11.3 Å². The summed E-state index contributed by atoms with van der Waals surface area (Å²) in [5, 5.41) is 0. The van der Waals surface area contributed by atoms with Gasteiger partial charge in [0.1, 0.15) is 0 Å². The van der Waals surface area contributed by atoms with E-state index in [1.165, 1.54) is 22.4 Å². The molecule has 0 fully saturated rings. The second-order valence-corrected chi connectivity index (χ2v) is 5.72. The van der Waals surface area contributed by atoms with Crippen LogP contribution in [-0.2, 0) is 5.75 Å². The molecule has 100 valence electrons. The van der Waals surface area contributed by atoms with E-state index in [9.17, 15) is 0 Å². The predicted molar refractivity (Wildman–Crippen MR) is 82.7 cm³/mol. The fourth-order valence-corrected chi connectivity index (χ4v) is 2.96. The first-order valence-corrected chi connectivity index (χ1v) is 7.47. The van der Waals surface area contributed by atoms with Crippen molar-refractivity contribution in [1.82, 2.24) is 4.98 Å². The third kappa shape index (κ3) is 3.11. The van der Waals surface area contributed by atoms with Gasteiger partial charge in [-0.05, 0) is 24.6 Å². The molecule has 2 aromatic carbocycles. The molecular weight excluding hydrogens is 266 g/mol. The van der Waals surface area contributed by atoms with Crippen LogP contribution in [0.1, 0.15) is 11.1 Å². The summed E-state index contributed by atoms with van der Waals surface area (Å²) in [6, 6.07) is 17.0. The van der Waals surface area contributed by atoms with Gasteiger partial charge in [-0.15, -0.1) is 11.8 Å². The van der Waals surface area contributed by atoms with Gasteiger partial charge in [0.2, 0.25) is 0 Å². The number of hydrogen-bond acceptors (Lipinski definition) is 3. The van der Waals surface area contributed by atoms with Gasteiger partial charge < -0.3 is 4.42 Å². The fourth-order valence-electron chi connectivity index (χ4n) is 2.07. The van der Waals surface area contributed by atoms with Crippen molar-refractivity contribution in [2.24, 2.45) is 0 Å². The molecule has 0 N–H and O–H groups in total. The molecule has 0 saturated carbocycles. The molecule has 0 saturated heterocycles. The van der Waals surface area contributed by atoms with E-state index in [-0.39, 0.29) is 0 Å². The van der Waals surface area contributed by atoms with Crippen LogP contribution in [-0.4, -0.2) is 4.98 Å². The SMILES string of the molecule is Cc1cccc(CSc2cccc(-c3cnco3)c2)c1. The Hall–Kier alpha value is -2.00. The van der Waals surface area contributed by atoms with E-state index in [0.717, 1.165) is 17.1 Å². The smallest absolute Gasteiger partial charge is 0.181 e. The van der Waals surface area contributed by atoms with Crippen LogP contribution in [0.3, 0.4) is 0 Å². The highest BCUT2D eigenvalue weighted by atomic mass is 32.2. The molecule has 0 unspecified atom stereocenters. The first-order valence-electron chi connectivity index (χ1n) is 6.48. The number of benzene rings is 2. The molecule has 3 aromatic rings. The van der Waals surface area contributed by atoms with Crippen molar-refractivity contribution < 1.29 is 4.42 Å². The van der Waals surface area contributed by atoms with E-state index in [1.54, 1.807) is 6.20 Å². The van der Waals surface area contributed by atoms with Crippen molar-refractivity contribution in [2.45, 2.75) is 17.6 Å². The number of hydrogen-bond donors (Lipinski definition) is 0. The number of rotatable bonds is 4. The molecule has 0 aliphatic rings. The van der Waals surface area contributed by atoms with Crippen LogP contribution in [0.15, 0.2) is 70.4 Å². The molecule has 0 amide bonds. The summed E-state index contributed by atoms with van der Waals surface area (Å²) >= 11 is 1.83. The zero-order chi connectivity index (χ0) is 13.8. The second kappa shape index (κ2) is 5.97. The average molecular weight is 281 g/mol. The molecule has 0 radical (unpaired) electrons. The maximum Gasteiger partial charge on any atom is 0.181 e. The largest absolute Gasteiger partial charge is 0.444 e. The van der Waals surface area contributed by atoms with Crippen molar-refractivity contribution in [1.29, 1.82) is 0 Å². The van der Waals surface area contributed by atoms with E-state index in [0.29, 0.717) is 0 Å². The molecule has 0 atom stereocenters. The van der Waals surface area contributed by atoms with Crippen LogP contribution in [0.2, 0.25) is 0 Å². The average Bonchev–Trinajstić information content (AvgIpc) is 3.00. The lowest BCUT2D eigenvalue weighted by Gasteiger charge is -2.04. The molecular formula is C17H15NOS. The van der Waals surface area contributed by atoms with Crippen LogP contribution >= 0.6 is 11.8 Å². The number of aromatic nitrogens is 1. The normalized spacial score (nSPS) is 10.7. The highest BCUT2D eigenvalue weighted by molar-refractivity contribution is 7.98. The Bertz CT molecular complexity index is 692. The van der Waals surface area contributed by atoms with Gasteiger partial charge in [0.25, 0.3) is 0 Å². The molecule has 3 heteroatoms.